The molecule has 118 valence electrons. The Bertz CT molecular complexity index is 658. The van der Waals surface area contributed by atoms with Crippen molar-refractivity contribution in [3.8, 4) is 5.88 Å². The minimum atomic E-state index is -0.666. The predicted molar refractivity (Wildman–Crippen MR) is 77.3 cm³/mol. The van der Waals surface area contributed by atoms with Crippen LogP contribution in [0, 0.1) is 11.6 Å². The second-order valence-electron chi connectivity index (χ2n) is 4.24. The van der Waals surface area contributed by atoms with Gasteiger partial charge in [0.15, 0.2) is 11.0 Å². The Labute approximate surface area is 139 Å². The zero-order valence-corrected chi connectivity index (χ0v) is 13.2. The lowest BCUT2D eigenvalue weighted by atomic mass is 9.96. The maximum absolute atomic E-state index is 13.0. The monoisotopic (exact) mass is 368 g/mol. The van der Waals surface area contributed by atoms with Gasteiger partial charge in [-0.15, -0.1) is 0 Å². The Hall–Kier alpha value is -1.31. The van der Waals surface area contributed by atoms with Crippen molar-refractivity contribution in [2.24, 2.45) is 0 Å². The van der Waals surface area contributed by atoms with E-state index < -0.39 is 11.6 Å². The average Bonchev–Trinajstić information content (AvgIpc) is 2.43. The summed E-state index contributed by atoms with van der Waals surface area (Å²) in [6.45, 7) is 0. The number of nitrogens with zero attached hydrogens (tertiary/aromatic N) is 4. The van der Waals surface area contributed by atoms with Crippen LogP contribution in [0.3, 0.4) is 0 Å². The summed E-state index contributed by atoms with van der Waals surface area (Å²) in [6.07, 6.45) is 5.08. The molecule has 1 aliphatic rings. The van der Waals surface area contributed by atoms with Crippen molar-refractivity contribution >= 4 is 34.8 Å². The van der Waals surface area contributed by atoms with Crippen molar-refractivity contribution in [3.63, 3.8) is 0 Å². The molecule has 0 N–H and O–H groups in total. The number of hydrogen-bond donors (Lipinski definition) is 0. The zero-order chi connectivity index (χ0) is 16.1. The summed E-state index contributed by atoms with van der Waals surface area (Å²) in [7, 11) is 0. The van der Waals surface area contributed by atoms with E-state index >= 15 is 0 Å². The van der Waals surface area contributed by atoms with E-state index in [2.05, 4.69) is 19.9 Å². The summed E-state index contributed by atoms with van der Waals surface area (Å²) in [6, 6.07) is 0. The van der Waals surface area contributed by atoms with Gasteiger partial charge in [0.25, 0.3) is 5.88 Å². The molecule has 0 amide bonds. The van der Waals surface area contributed by atoms with Crippen LogP contribution >= 0.6 is 34.8 Å². The molecule has 10 heteroatoms. The lowest BCUT2D eigenvalue weighted by molar-refractivity contribution is 0.108. The molecule has 2 aromatic heterocycles. The standard InChI is InChI=1S/C8H8ClFN2O.C4HCl2FN2/c9-8-11-4-6(10)7(12-8)13-5-2-1-3-5;5-3-2(7)1-8-4(6)9-3/h4-5H,1-3H2;1H. The molecule has 1 fully saturated rings. The maximum atomic E-state index is 13.0. The van der Waals surface area contributed by atoms with E-state index in [1.165, 1.54) is 0 Å². The van der Waals surface area contributed by atoms with Crippen molar-refractivity contribution in [1.29, 1.82) is 0 Å². The third-order valence-corrected chi connectivity index (χ3v) is 3.31. The van der Waals surface area contributed by atoms with Gasteiger partial charge in [0.05, 0.1) is 12.4 Å². The fraction of sp³-hybridized carbons (Fsp3) is 0.333. The van der Waals surface area contributed by atoms with Gasteiger partial charge in [-0.2, -0.15) is 9.37 Å². The Morgan fingerprint density at radius 1 is 0.955 bits per heavy atom. The second kappa shape index (κ2) is 7.80. The van der Waals surface area contributed by atoms with Crippen LogP contribution in [0.4, 0.5) is 8.78 Å². The summed E-state index contributed by atoms with van der Waals surface area (Å²) < 4.78 is 30.4. The summed E-state index contributed by atoms with van der Waals surface area (Å²) in [5.74, 6) is -1.26. The highest BCUT2D eigenvalue weighted by Gasteiger charge is 2.21. The van der Waals surface area contributed by atoms with Crippen LogP contribution in [0.5, 0.6) is 5.88 Å². The minimum absolute atomic E-state index is 0.00993. The van der Waals surface area contributed by atoms with Crippen molar-refractivity contribution in [2.75, 3.05) is 0 Å². The van der Waals surface area contributed by atoms with Gasteiger partial charge in [0.2, 0.25) is 16.4 Å². The molecule has 5 nitrogen and oxygen atoms in total. The van der Waals surface area contributed by atoms with Gasteiger partial charge in [0, 0.05) is 0 Å². The Morgan fingerprint density at radius 3 is 2.05 bits per heavy atom. The van der Waals surface area contributed by atoms with Gasteiger partial charge < -0.3 is 4.74 Å². The quantitative estimate of drug-likeness (QED) is 0.588. The second-order valence-corrected chi connectivity index (χ2v) is 5.27. The zero-order valence-electron chi connectivity index (χ0n) is 10.9. The Morgan fingerprint density at radius 2 is 1.55 bits per heavy atom. The molecule has 0 atom stereocenters. The third kappa shape index (κ3) is 4.86. The summed E-state index contributed by atoms with van der Waals surface area (Å²) >= 11 is 15.9. The number of halogens is 5. The van der Waals surface area contributed by atoms with Crippen molar-refractivity contribution in [3.05, 3.63) is 39.7 Å². The first-order valence-electron chi connectivity index (χ1n) is 6.14. The number of hydrogen-bond acceptors (Lipinski definition) is 5. The maximum Gasteiger partial charge on any atom is 0.255 e. The van der Waals surface area contributed by atoms with E-state index in [1.807, 2.05) is 0 Å². The van der Waals surface area contributed by atoms with E-state index in [-0.39, 0.29) is 27.7 Å². The van der Waals surface area contributed by atoms with E-state index in [1.54, 1.807) is 0 Å². The largest absolute Gasteiger partial charge is 0.472 e. The Kier molecular flexibility index (Phi) is 6.05. The average molecular weight is 370 g/mol. The molecule has 1 saturated carbocycles. The van der Waals surface area contributed by atoms with Crippen LogP contribution in [0.2, 0.25) is 15.7 Å². The van der Waals surface area contributed by atoms with Crippen molar-refractivity contribution in [2.45, 2.75) is 25.4 Å². The fourth-order valence-corrected chi connectivity index (χ4v) is 1.82. The van der Waals surface area contributed by atoms with Gasteiger partial charge in [-0.3, -0.25) is 0 Å². The SMILES string of the molecule is Fc1cnc(Cl)nc1Cl.Fc1cnc(Cl)nc1OC1CCC1. The fourth-order valence-electron chi connectivity index (χ4n) is 1.39. The molecule has 22 heavy (non-hydrogen) atoms. The van der Waals surface area contributed by atoms with Gasteiger partial charge in [0.1, 0.15) is 6.10 Å². The molecular formula is C12H9Cl3F2N4O. The predicted octanol–water partition coefficient (Wildman–Crippen LogP) is 4.12. The van der Waals surface area contributed by atoms with Crippen molar-refractivity contribution < 1.29 is 13.5 Å². The summed E-state index contributed by atoms with van der Waals surface area (Å²) in [4.78, 5) is 13.8. The molecule has 0 saturated heterocycles. The van der Waals surface area contributed by atoms with Gasteiger partial charge in [-0.1, -0.05) is 11.6 Å². The minimum Gasteiger partial charge on any atom is -0.472 e. The topological polar surface area (TPSA) is 60.8 Å². The molecule has 3 rings (SSSR count). The molecule has 1 aliphatic carbocycles. The smallest absolute Gasteiger partial charge is 0.255 e. The van der Waals surface area contributed by atoms with Crippen LogP contribution in [-0.4, -0.2) is 26.0 Å². The van der Waals surface area contributed by atoms with E-state index in [0.717, 1.165) is 31.7 Å². The molecule has 0 aliphatic heterocycles. The highest BCUT2D eigenvalue weighted by Crippen LogP contribution is 2.25. The highest BCUT2D eigenvalue weighted by molar-refractivity contribution is 6.31. The van der Waals surface area contributed by atoms with Crippen molar-refractivity contribution in [1.82, 2.24) is 19.9 Å². The van der Waals surface area contributed by atoms with E-state index in [4.69, 9.17) is 39.5 Å². The summed E-state index contributed by atoms with van der Waals surface area (Å²) in [5, 5.41) is -0.299. The van der Waals surface area contributed by atoms with Gasteiger partial charge in [-0.05, 0) is 42.5 Å². The van der Waals surface area contributed by atoms with Crippen LogP contribution in [0.1, 0.15) is 19.3 Å². The highest BCUT2D eigenvalue weighted by atomic mass is 35.5. The van der Waals surface area contributed by atoms with Crippen LogP contribution in [0.25, 0.3) is 0 Å². The van der Waals surface area contributed by atoms with E-state index in [0.29, 0.717) is 0 Å². The lowest BCUT2D eigenvalue weighted by Crippen LogP contribution is -2.25. The first kappa shape index (κ1) is 17.1. The molecule has 2 heterocycles. The third-order valence-electron chi connectivity index (χ3n) is 2.68. The molecule has 0 bridgehead atoms. The first-order valence-corrected chi connectivity index (χ1v) is 7.27. The molecule has 2 aromatic rings. The molecule has 0 radical (unpaired) electrons. The number of aromatic nitrogens is 4. The Balaban J connectivity index is 0.000000172. The van der Waals surface area contributed by atoms with Gasteiger partial charge in [-0.25, -0.2) is 19.3 Å². The molecular weight excluding hydrogens is 361 g/mol. The van der Waals surface area contributed by atoms with Crippen LogP contribution < -0.4 is 4.74 Å². The van der Waals surface area contributed by atoms with E-state index in [9.17, 15) is 8.78 Å². The number of rotatable bonds is 2. The van der Waals surface area contributed by atoms with Crippen LogP contribution in [-0.2, 0) is 0 Å². The summed E-state index contributed by atoms with van der Waals surface area (Å²) in [5.41, 5.74) is 0. The van der Waals surface area contributed by atoms with Crippen LogP contribution in [0.15, 0.2) is 12.4 Å². The molecule has 0 unspecified atom stereocenters. The lowest BCUT2D eigenvalue weighted by Gasteiger charge is -2.25. The normalized spacial score (nSPS) is 13.9. The van der Waals surface area contributed by atoms with Gasteiger partial charge >= 0.3 is 0 Å². The molecule has 0 spiro atoms. The molecule has 0 aromatic carbocycles. The first-order chi connectivity index (χ1) is 10.5. The number of ether oxygens (including phenoxy) is 1.